The van der Waals surface area contributed by atoms with Crippen LogP contribution in [0.4, 0.5) is 13.2 Å². The largest absolute Gasteiger partial charge is 0.411 e. The van der Waals surface area contributed by atoms with Gasteiger partial charge in [0.2, 0.25) is 0 Å². The third-order valence-electron chi connectivity index (χ3n) is 2.59. The molecule has 0 rings (SSSR count). The van der Waals surface area contributed by atoms with Crippen LogP contribution in [0.5, 0.6) is 0 Å². The number of ether oxygens (including phenoxy) is 1. The number of ketones is 1. The zero-order valence-electron chi connectivity index (χ0n) is 11.0. The van der Waals surface area contributed by atoms with Crippen molar-refractivity contribution in [2.45, 2.75) is 64.5 Å². The average molecular weight is 268 g/mol. The molecule has 18 heavy (non-hydrogen) atoms. The second-order valence-corrected chi connectivity index (χ2v) is 4.52. The van der Waals surface area contributed by atoms with Crippen LogP contribution in [0.3, 0.4) is 0 Å². The molecule has 0 fully saturated rings. The Morgan fingerprint density at radius 2 is 1.56 bits per heavy atom. The first-order valence-corrected chi connectivity index (χ1v) is 6.62. The van der Waals surface area contributed by atoms with Crippen molar-refractivity contribution in [1.29, 1.82) is 0 Å². The van der Waals surface area contributed by atoms with Gasteiger partial charge in [0.15, 0.2) is 5.78 Å². The van der Waals surface area contributed by atoms with Crippen molar-refractivity contribution < 1.29 is 22.7 Å². The molecule has 108 valence electrons. The maximum Gasteiger partial charge on any atom is 0.411 e. The molecule has 0 heterocycles. The summed E-state index contributed by atoms with van der Waals surface area (Å²) in [5, 5.41) is 0. The molecule has 0 aromatic rings. The lowest BCUT2D eigenvalue weighted by Crippen LogP contribution is -2.20. The predicted octanol–water partition coefficient (Wildman–Crippen LogP) is 4.28. The molecule has 0 aromatic heterocycles. The molecule has 0 amide bonds. The summed E-state index contributed by atoms with van der Waals surface area (Å²) < 4.78 is 39.5. The van der Waals surface area contributed by atoms with Crippen molar-refractivity contribution in [2.24, 2.45) is 0 Å². The molecule has 2 nitrogen and oxygen atoms in total. The topological polar surface area (TPSA) is 26.3 Å². The fourth-order valence-electron chi connectivity index (χ4n) is 1.63. The molecule has 0 aliphatic rings. The maximum atomic E-state index is 11.7. The SMILES string of the molecule is CCCCCCCCCC(=O)COCC(F)(F)F. The Hall–Kier alpha value is -0.580. The molecule has 0 N–H and O–H groups in total. The molecule has 0 radical (unpaired) electrons. The fraction of sp³-hybridized carbons (Fsp3) is 0.923. The van der Waals surface area contributed by atoms with E-state index in [0.29, 0.717) is 6.42 Å². The third-order valence-corrected chi connectivity index (χ3v) is 2.59. The number of halogens is 3. The van der Waals surface area contributed by atoms with Crippen molar-refractivity contribution in [2.75, 3.05) is 13.2 Å². The van der Waals surface area contributed by atoms with Crippen LogP contribution in [0, 0.1) is 0 Å². The molecule has 0 spiro atoms. The van der Waals surface area contributed by atoms with Crippen molar-refractivity contribution in [3.8, 4) is 0 Å². The molecule has 5 heteroatoms. The molecular formula is C13H23F3O2. The second kappa shape index (κ2) is 10.4. The molecule has 0 aliphatic carbocycles. The highest BCUT2D eigenvalue weighted by atomic mass is 19.4. The maximum absolute atomic E-state index is 11.7. The van der Waals surface area contributed by atoms with Crippen molar-refractivity contribution in [3.63, 3.8) is 0 Å². The summed E-state index contributed by atoms with van der Waals surface area (Å²) >= 11 is 0. The van der Waals surface area contributed by atoms with Crippen LogP contribution in [-0.4, -0.2) is 25.2 Å². The zero-order valence-corrected chi connectivity index (χ0v) is 11.0. The van der Waals surface area contributed by atoms with E-state index in [4.69, 9.17) is 0 Å². The first-order chi connectivity index (χ1) is 8.45. The normalized spacial score (nSPS) is 11.8. The van der Waals surface area contributed by atoms with Crippen LogP contribution in [0.25, 0.3) is 0 Å². The number of carbonyl (C=O) groups excluding carboxylic acids is 1. The van der Waals surface area contributed by atoms with Crippen LogP contribution >= 0.6 is 0 Å². The van der Waals surface area contributed by atoms with Gasteiger partial charge < -0.3 is 4.74 Å². The van der Waals surface area contributed by atoms with E-state index in [1.165, 1.54) is 25.7 Å². The van der Waals surface area contributed by atoms with Crippen LogP contribution in [-0.2, 0) is 9.53 Å². The second-order valence-electron chi connectivity index (χ2n) is 4.52. The zero-order chi connectivity index (χ0) is 13.9. The molecule has 0 saturated carbocycles. The summed E-state index contributed by atoms with van der Waals surface area (Å²) in [5.74, 6) is -0.243. The molecule has 0 atom stereocenters. The van der Waals surface area contributed by atoms with Gasteiger partial charge in [0, 0.05) is 6.42 Å². The van der Waals surface area contributed by atoms with Crippen molar-refractivity contribution >= 4 is 5.78 Å². The van der Waals surface area contributed by atoms with Gasteiger partial charge in [0.1, 0.15) is 13.2 Å². The van der Waals surface area contributed by atoms with Crippen LogP contribution in [0.1, 0.15) is 58.3 Å². The number of rotatable bonds is 11. The number of hydrogen-bond donors (Lipinski definition) is 0. The Morgan fingerprint density at radius 3 is 2.11 bits per heavy atom. The number of alkyl halides is 3. The average Bonchev–Trinajstić information content (AvgIpc) is 2.26. The van der Waals surface area contributed by atoms with Gasteiger partial charge in [-0.2, -0.15) is 13.2 Å². The third kappa shape index (κ3) is 13.5. The molecular weight excluding hydrogens is 245 g/mol. The van der Waals surface area contributed by atoms with Crippen LogP contribution in [0.15, 0.2) is 0 Å². The number of unbranched alkanes of at least 4 members (excludes halogenated alkanes) is 6. The van der Waals surface area contributed by atoms with E-state index in [2.05, 4.69) is 11.7 Å². The highest BCUT2D eigenvalue weighted by Gasteiger charge is 2.27. The standard InChI is InChI=1S/C13H23F3O2/c1-2-3-4-5-6-7-8-9-12(17)10-18-11-13(14,15)16/h2-11H2,1H3. The Bertz CT molecular complexity index is 215. The summed E-state index contributed by atoms with van der Waals surface area (Å²) in [6.45, 7) is 0.394. The summed E-state index contributed by atoms with van der Waals surface area (Å²) in [6, 6.07) is 0. The Labute approximate surface area is 107 Å². The molecule has 0 bridgehead atoms. The van der Waals surface area contributed by atoms with Crippen LogP contribution < -0.4 is 0 Å². The first kappa shape index (κ1) is 17.4. The van der Waals surface area contributed by atoms with Gasteiger partial charge in [-0.05, 0) is 6.42 Å². The smallest absolute Gasteiger partial charge is 0.364 e. The quantitative estimate of drug-likeness (QED) is 0.523. The lowest BCUT2D eigenvalue weighted by Gasteiger charge is -2.06. The summed E-state index contributed by atoms with van der Waals surface area (Å²) in [4.78, 5) is 11.2. The van der Waals surface area contributed by atoms with Crippen molar-refractivity contribution in [3.05, 3.63) is 0 Å². The highest BCUT2D eigenvalue weighted by Crippen LogP contribution is 2.14. The lowest BCUT2D eigenvalue weighted by atomic mass is 10.1. The van der Waals surface area contributed by atoms with Gasteiger partial charge in [0.05, 0.1) is 0 Å². The van der Waals surface area contributed by atoms with Gasteiger partial charge in [-0.15, -0.1) is 0 Å². The first-order valence-electron chi connectivity index (χ1n) is 6.62. The summed E-state index contributed by atoms with van der Waals surface area (Å²) in [7, 11) is 0. The van der Waals surface area contributed by atoms with Crippen LogP contribution in [0.2, 0.25) is 0 Å². The van der Waals surface area contributed by atoms with Gasteiger partial charge in [-0.3, -0.25) is 4.79 Å². The fourth-order valence-corrected chi connectivity index (χ4v) is 1.63. The highest BCUT2D eigenvalue weighted by molar-refractivity contribution is 5.79. The van der Waals surface area contributed by atoms with Gasteiger partial charge in [0.25, 0.3) is 0 Å². The van der Waals surface area contributed by atoms with E-state index >= 15 is 0 Å². The molecule has 0 aliphatic heterocycles. The van der Waals surface area contributed by atoms with E-state index in [9.17, 15) is 18.0 Å². The monoisotopic (exact) mass is 268 g/mol. The molecule has 0 saturated heterocycles. The number of hydrogen-bond acceptors (Lipinski definition) is 2. The molecule has 0 aromatic carbocycles. The lowest BCUT2D eigenvalue weighted by molar-refractivity contribution is -0.175. The minimum Gasteiger partial charge on any atom is -0.364 e. The van der Waals surface area contributed by atoms with Gasteiger partial charge in [-0.25, -0.2) is 0 Å². The van der Waals surface area contributed by atoms with Gasteiger partial charge in [-0.1, -0.05) is 45.4 Å². The van der Waals surface area contributed by atoms with E-state index in [-0.39, 0.29) is 5.78 Å². The Morgan fingerprint density at radius 1 is 1.00 bits per heavy atom. The van der Waals surface area contributed by atoms with E-state index in [1.54, 1.807) is 0 Å². The van der Waals surface area contributed by atoms with E-state index < -0.39 is 19.4 Å². The minimum atomic E-state index is -4.35. The summed E-state index contributed by atoms with van der Waals surface area (Å²) in [6.07, 6.45) is 3.63. The number of Topliss-reactive ketones (excluding diaryl/α,β-unsaturated/α-hetero) is 1. The Balaban J connectivity index is 3.27. The predicted molar refractivity (Wildman–Crippen MR) is 64.5 cm³/mol. The summed E-state index contributed by atoms with van der Waals surface area (Å²) in [5.41, 5.74) is 0. The van der Waals surface area contributed by atoms with E-state index in [1.807, 2.05) is 0 Å². The van der Waals surface area contributed by atoms with Gasteiger partial charge >= 0.3 is 6.18 Å². The Kier molecular flexibility index (Phi) is 10.0. The van der Waals surface area contributed by atoms with E-state index in [0.717, 1.165) is 19.3 Å². The van der Waals surface area contributed by atoms with Crippen molar-refractivity contribution in [1.82, 2.24) is 0 Å². The molecule has 0 unspecified atom stereocenters. The number of carbonyl (C=O) groups is 1. The minimum absolute atomic E-state index is 0.243.